The molecule has 1 amide bonds. The number of fused-ring (bicyclic) bond motifs is 1. The fraction of sp³-hybridized carbons (Fsp3) is 0.296. The summed E-state index contributed by atoms with van der Waals surface area (Å²) in [5.41, 5.74) is 7.75. The molecule has 40 heavy (non-hydrogen) atoms. The van der Waals surface area contributed by atoms with E-state index in [4.69, 9.17) is 22.3 Å². The number of sulfonamides is 1. The third-order valence-corrected chi connectivity index (χ3v) is 8.26. The summed E-state index contributed by atoms with van der Waals surface area (Å²) >= 11 is 6.09. The van der Waals surface area contributed by atoms with E-state index in [1.165, 1.54) is 18.3 Å². The molecule has 1 unspecified atom stereocenters. The van der Waals surface area contributed by atoms with Crippen molar-refractivity contribution in [1.29, 1.82) is 0 Å². The lowest BCUT2D eigenvalue weighted by atomic mass is 10.1. The van der Waals surface area contributed by atoms with E-state index >= 15 is 4.39 Å². The maximum absolute atomic E-state index is 15.3. The first-order chi connectivity index (χ1) is 19.0. The number of nitrogen functional groups attached to an aromatic ring is 1. The van der Waals surface area contributed by atoms with Crippen LogP contribution < -0.4 is 21.1 Å². The highest BCUT2D eigenvalue weighted by Crippen LogP contribution is 2.33. The molecule has 0 aliphatic carbocycles. The molecule has 1 saturated heterocycles. The maximum atomic E-state index is 15.3. The molecular formula is C27H29ClFN7O3S. The Hall–Kier alpha value is -3.74. The Balaban J connectivity index is 1.50. The Morgan fingerprint density at radius 1 is 1.27 bits per heavy atom. The smallest absolute Gasteiger partial charge is 0.270 e. The number of amides is 1. The minimum absolute atomic E-state index is 0.00562. The summed E-state index contributed by atoms with van der Waals surface area (Å²) in [4.78, 5) is 22.2. The molecule has 5 N–H and O–H groups in total. The number of hydrogen-bond donors (Lipinski definition) is 4. The number of benzene rings is 2. The van der Waals surface area contributed by atoms with Crippen LogP contribution >= 0.6 is 11.6 Å². The lowest BCUT2D eigenvalue weighted by Crippen LogP contribution is -2.37. The van der Waals surface area contributed by atoms with Gasteiger partial charge in [-0.3, -0.25) is 13.9 Å². The van der Waals surface area contributed by atoms with E-state index < -0.39 is 21.6 Å². The zero-order valence-electron chi connectivity index (χ0n) is 21.9. The number of rotatable bonds is 8. The topological polar surface area (TPSA) is 144 Å². The molecule has 1 aliphatic rings. The van der Waals surface area contributed by atoms with Gasteiger partial charge in [-0.05, 0) is 36.7 Å². The molecule has 0 saturated carbocycles. The van der Waals surface area contributed by atoms with E-state index in [0.717, 1.165) is 13.0 Å². The van der Waals surface area contributed by atoms with Gasteiger partial charge in [0.2, 0.25) is 10.0 Å². The second kappa shape index (κ2) is 11.0. The van der Waals surface area contributed by atoms with Crippen molar-refractivity contribution in [2.24, 2.45) is 0 Å². The van der Waals surface area contributed by atoms with Gasteiger partial charge < -0.3 is 16.4 Å². The number of halogens is 2. The monoisotopic (exact) mass is 585 g/mol. The first-order valence-electron chi connectivity index (χ1n) is 12.8. The molecule has 0 radical (unpaired) electrons. The van der Waals surface area contributed by atoms with Gasteiger partial charge in [0.25, 0.3) is 5.91 Å². The summed E-state index contributed by atoms with van der Waals surface area (Å²) in [6.07, 6.45) is 2.23. The molecule has 10 nitrogen and oxygen atoms in total. The van der Waals surface area contributed by atoms with Crippen molar-refractivity contribution in [2.75, 3.05) is 23.5 Å². The molecule has 3 heterocycles. The maximum Gasteiger partial charge on any atom is 0.270 e. The Morgan fingerprint density at radius 2 is 2.05 bits per heavy atom. The molecule has 210 valence electrons. The van der Waals surface area contributed by atoms with Crippen LogP contribution in [0.3, 0.4) is 0 Å². The van der Waals surface area contributed by atoms with Gasteiger partial charge in [-0.2, -0.15) is 0 Å². The molecule has 1 atom stereocenters. The largest absolute Gasteiger partial charge is 0.382 e. The van der Waals surface area contributed by atoms with E-state index in [-0.39, 0.29) is 35.1 Å². The normalized spacial score (nSPS) is 15.6. The van der Waals surface area contributed by atoms with Crippen molar-refractivity contribution in [1.82, 2.24) is 25.0 Å². The molecule has 2 aromatic heterocycles. The predicted octanol–water partition coefficient (Wildman–Crippen LogP) is 3.93. The summed E-state index contributed by atoms with van der Waals surface area (Å²) in [6, 6.07) is 10.6. The standard InChI is InChI=1S/C27H29ClFN7O3S/c1-15(2)26-34-23(24-25(30)32-13-22(36(24)26)27(37)33-18-9-10-31-12-18)16-7-8-21(20(29)11-16)35-40(38,39)14-17-5-3-4-6-19(17)28/h3-8,11,13,15,18,31,35H,9-10,12,14H2,1-2H3,(H2,30,32)(H,33,37). The molecule has 2 aromatic carbocycles. The zero-order valence-corrected chi connectivity index (χ0v) is 23.5. The van der Waals surface area contributed by atoms with Gasteiger partial charge in [-0.1, -0.05) is 49.7 Å². The van der Waals surface area contributed by atoms with Crippen LogP contribution in [-0.2, 0) is 15.8 Å². The van der Waals surface area contributed by atoms with Crippen molar-refractivity contribution in [3.63, 3.8) is 0 Å². The Labute approximate surface area is 236 Å². The highest BCUT2D eigenvalue weighted by Gasteiger charge is 2.26. The Morgan fingerprint density at radius 3 is 2.73 bits per heavy atom. The van der Waals surface area contributed by atoms with Gasteiger partial charge >= 0.3 is 0 Å². The minimum atomic E-state index is -3.96. The van der Waals surface area contributed by atoms with Crippen molar-refractivity contribution in [3.05, 3.63) is 76.6 Å². The molecule has 4 aromatic rings. The summed E-state index contributed by atoms with van der Waals surface area (Å²) in [5, 5.41) is 6.53. The first kappa shape index (κ1) is 27.8. The highest BCUT2D eigenvalue weighted by atomic mass is 35.5. The fourth-order valence-electron chi connectivity index (χ4n) is 4.72. The van der Waals surface area contributed by atoms with Gasteiger partial charge in [-0.15, -0.1) is 0 Å². The number of hydrogen-bond acceptors (Lipinski definition) is 7. The summed E-state index contributed by atoms with van der Waals surface area (Å²) in [6.45, 7) is 5.35. The van der Waals surface area contributed by atoms with Crippen LogP contribution in [0.5, 0.6) is 0 Å². The van der Waals surface area contributed by atoms with Crippen molar-refractivity contribution >= 4 is 44.6 Å². The zero-order chi connectivity index (χ0) is 28.6. The molecule has 13 heteroatoms. The third kappa shape index (κ3) is 5.60. The Bertz CT molecular complexity index is 1700. The number of anilines is 2. The first-order valence-corrected chi connectivity index (χ1v) is 14.8. The second-order valence-corrected chi connectivity index (χ2v) is 12.1. The van der Waals surface area contributed by atoms with Gasteiger partial charge in [0.1, 0.15) is 34.4 Å². The lowest BCUT2D eigenvalue weighted by molar-refractivity contribution is 0.0933. The number of nitrogens with one attached hydrogen (secondary N) is 3. The highest BCUT2D eigenvalue weighted by molar-refractivity contribution is 7.91. The predicted molar refractivity (Wildman–Crippen MR) is 153 cm³/mol. The van der Waals surface area contributed by atoms with Gasteiger partial charge in [0.15, 0.2) is 0 Å². The number of carbonyl (C=O) groups is 1. The summed E-state index contributed by atoms with van der Waals surface area (Å²) < 4.78 is 44.7. The molecule has 0 spiro atoms. The van der Waals surface area contributed by atoms with Crippen LogP contribution in [0.2, 0.25) is 5.02 Å². The van der Waals surface area contributed by atoms with Crippen LogP contribution in [0.25, 0.3) is 16.8 Å². The van der Waals surface area contributed by atoms with E-state index in [2.05, 4.69) is 20.3 Å². The van der Waals surface area contributed by atoms with Crippen LogP contribution in [0.4, 0.5) is 15.9 Å². The summed E-state index contributed by atoms with van der Waals surface area (Å²) in [5.74, 6) is -0.963. The molecule has 5 rings (SSSR count). The molecule has 1 aliphatic heterocycles. The van der Waals surface area contributed by atoms with Crippen LogP contribution in [0.1, 0.15) is 48.1 Å². The summed E-state index contributed by atoms with van der Waals surface area (Å²) in [7, 11) is -3.96. The number of aromatic nitrogens is 3. The van der Waals surface area contributed by atoms with Gasteiger partial charge in [0, 0.05) is 29.1 Å². The molecular weight excluding hydrogens is 557 g/mol. The van der Waals surface area contributed by atoms with Gasteiger partial charge in [0.05, 0.1) is 17.6 Å². The lowest BCUT2D eigenvalue weighted by Gasteiger charge is -2.15. The van der Waals surface area contributed by atoms with E-state index in [1.807, 2.05) is 13.8 Å². The SMILES string of the molecule is CC(C)c1nc(-c2ccc(NS(=O)(=O)Cc3ccccc3Cl)c(F)c2)c2c(N)ncc(C(=O)NC3CCNC3)n12. The Kier molecular flexibility index (Phi) is 7.67. The number of nitrogens with two attached hydrogens (primary N) is 1. The number of carbonyl (C=O) groups excluding carboxylic acids is 1. The van der Waals surface area contributed by atoms with Crippen LogP contribution in [0.15, 0.2) is 48.7 Å². The molecule has 1 fully saturated rings. The average Bonchev–Trinajstić information content (AvgIpc) is 3.55. The number of nitrogens with zero attached hydrogens (tertiary/aromatic N) is 3. The third-order valence-electron chi connectivity index (χ3n) is 6.67. The van der Waals surface area contributed by atoms with Crippen molar-refractivity contribution < 1.29 is 17.6 Å². The fourth-order valence-corrected chi connectivity index (χ4v) is 6.24. The average molecular weight is 586 g/mol. The number of imidazole rings is 1. The second-order valence-electron chi connectivity index (χ2n) is 10.00. The van der Waals surface area contributed by atoms with E-state index in [0.29, 0.717) is 39.7 Å². The quantitative estimate of drug-likeness (QED) is 0.245. The molecule has 0 bridgehead atoms. The van der Waals surface area contributed by atoms with Gasteiger partial charge in [-0.25, -0.2) is 22.8 Å². The van der Waals surface area contributed by atoms with Crippen LogP contribution in [-0.4, -0.2) is 47.8 Å². The van der Waals surface area contributed by atoms with E-state index in [1.54, 1.807) is 34.7 Å². The van der Waals surface area contributed by atoms with Crippen molar-refractivity contribution in [2.45, 2.75) is 38.0 Å². The van der Waals surface area contributed by atoms with Crippen LogP contribution in [0, 0.1) is 5.82 Å². The van der Waals surface area contributed by atoms with Crippen molar-refractivity contribution in [3.8, 4) is 11.3 Å². The minimum Gasteiger partial charge on any atom is -0.382 e. The van der Waals surface area contributed by atoms with E-state index in [9.17, 15) is 13.2 Å².